The van der Waals surface area contributed by atoms with Crippen LogP contribution in [0.4, 0.5) is 0 Å². The standard InChI is InChI=1S/C21H21N5O/c27-19-18(17-4-2-1-3-5-17)23-24-20-21(9-13-26(19)20)8-12-25(15-21)14-16-6-10-22-11-7-16/h1-7,10-11H,8-9,12-15H2. The Bertz CT molecular complexity index is 1020. The molecular weight excluding hydrogens is 338 g/mol. The smallest absolute Gasteiger partial charge is 0.280 e. The van der Waals surface area contributed by atoms with E-state index in [1.807, 2.05) is 47.3 Å². The number of hydrogen-bond donors (Lipinski definition) is 0. The van der Waals surface area contributed by atoms with Crippen LogP contribution in [0.2, 0.25) is 0 Å². The van der Waals surface area contributed by atoms with E-state index in [1.165, 1.54) is 5.56 Å². The monoisotopic (exact) mass is 359 g/mol. The van der Waals surface area contributed by atoms with Gasteiger partial charge in [-0.3, -0.25) is 19.2 Å². The number of aromatic nitrogens is 4. The molecule has 6 heteroatoms. The highest BCUT2D eigenvalue weighted by Gasteiger charge is 2.46. The summed E-state index contributed by atoms with van der Waals surface area (Å²) in [5.41, 5.74) is 2.48. The first-order valence-corrected chi connectivity index (χ1v) is 9.40. The van der Waals surface area contributed by atoms with Crippen molar-refractivity contribution in [1.82, 2.24) is 24.6 Å². The number of nitrogens with zero attached hydrogens (tertiary/aromatic N) is 5. The summed E-state index contributed by atoms with van der Waals surface area (Å²) >= 11 is 0. The van der Waals surface area contributed by atoms with Gasteiger partial charge < -0.3 is 0 Å². The highest BCUT2D eigenvalue weighted by atomic mass is 16.1. The van der Waals surface area contributed by atoms with Crippen LogP contribution < -0.4 is 5.56 Å². The fourth-order valence-corrected chi connectivity index (χ4v) is 4.46. The Kier molecular flexibility index (Phi) is 3.86. The van der Waals surface area contributed by atoms with Gasteiger partial charge in [0, 0.05) is 43.0 Å². The van der Waals surface area contributed by atoms with Gasteiger partial charge in [-0.2, -0.15) is 0 Å². The molecule has 0 radical (unpaired) electrons. The van der Waals surface area contributed by atoms with Gasteiger partial charge in [-0.15, -0.1) is 10.2 Å². The summed E-state index contributed by atoms with van der Waals surface area (Å²) in [6.07, 6.45) is 5.66. The lowest BCUT2D eigenvalue weighted by atomic mass is 9.85. The number of likely N-dealkylation sites (tertiary alicyclic amines) is 1. The van der Waals surface area contributed by atoms with E-state index in [1.54, 1.807) is 0 Å². The average molecular weight is 359 g/mol. The van der Waals surface area contributed by atoms with Crippen molar-refractivity contribution in [2.75, 3.05) is 13.1 Å². The van der Waals surface area contributed by atoms with E-state index in [4.69, 9.17) is 0 Å². The Balaban J connectivity index is 1.44. The molecule has 1 saturated heterocycles. The summed E-state index contributed by atoms with van der Waals surface area (Å²) in [5, 5.41) is 8.89. The Labute approximate surface area is 157 Å². The molecule has 0 N–H and O–H groups in total. The van der Waals surface area contributed by atoms with E-state index in [-0.39, 0.29) is 11.0 Å². The molecule has 2 aromatic heterocycles. The molecule has 1 fully saturated rings. The molecule has 1 unspecified atom stereocenters. The molecule has 3 aromatic rings. The SMILES string of the molecule is O=c1c(-c2ccccc2)nnc2n1CCC21CCN(Cc2ccncc2)C1. The van der Waals surface area contributed by atoms with Crippen molar-refractivity contribution in [3.05, 3.63) is 76.6 Å². The quantitative estimate of drug-likeness (QED) is 0.718. The molecule has 27 heavy (non-hydrogen) atoms. The Morgan fingerprint density at radius 3 is 2.56 bits per heavy atom. The van der Waals surface area contributed by atoms with Crippen molar-refractivity contribution in [2.45, 2.75) is 31.3 Å². The van der Waals surface area contributed by atoms with Gasteiger partial charge in [-0.1, -0.05) is 30.3 Å². The van der Waals surface area contributed by atoms with Gasteiger partial charge in [0.25, 0.3) is 5.56 Å². The van der Waals surface area contributed by atoms with Crippen molar-refractivity contribution in [1.29, 1.82) is 0 Å². The molecular formula is C21H21N5O. The summed E-state index contributed by atoms with van der Waals surface area (Å²) in [6, 6.07) is 13.7. The summed E-state index contributed by atoms with van der Waals surface area (Å²) < 4.78 is 1.85. The third kappa shape index (κ3) is 2.77. The summed E-state index contributed by atoms with van der Waals surface area (Å²) in [4.78, 5) is 19.5. The summed E-state index contributed by atoms with van der Waals surface area (Å²) in [6.45, 7) is 3.57. The zero-order chi connectivity index (χ0) is 18.3. The number of pyridine rings is 1. The Hall–Kier alpha value is -2.86. The first-order chi connectivity index (χ1) is 13.3. The highest BCUT2D eigenvalue weighted by Crippen LogP contribution is 2.41. The lowest BCUT2D eigenvalue weighted by Crippen LogP contribution is -2.33. The molecule has 2 aliphatic heterocycles. The van der Waals surface area contributed by atoms with E-state index in [2.05, 4.69) is 32.2 Å². The highest BCUT2D eigenvalue weighted by molar-refractivity contribution is 5.57. The minimum atomic E-state index is -0.0472. The third-order valence-corrected chi connectivity index (χ3v) is 5.87. The first-order valence-electron chi connectivity index (χ1n) is 9.40. The van der Waals surface area contributed by atoms with Crippen LogP contribution in [0.3, 0.4) is 0 Å². The molecule has 0 saturated carbocycles. The maximum atomic E-state index is 13.0. The second kappa shape index (κ2) is 6.39. The van der Waals surface area contributed by atoms with Crippen LogP contribution in [-0.4, -0.2) is 37.7 Å². The van der Waals surface area contributed by atoms with Crippen molar-refractivity contribution in [3.63, 3.8) is 0 Å². The molecule has 2 aliphatic rings. The van der Waals surface area contributed by atoms with Gasteiger partial charge >= 0.3 is 0 Å². The topological polar surface area (TPSA) is 63.9 Å². The van der Waals surface area contributed by atoms with Gasteiger partial charge in [0.15, 0.2) is 5.69 Å². The molecule has 6 nitrogen and oxygen atoms in total. The minimum absolute atomic E-state index is 0.0179. The van der Waals surface area contributed by atoms with Crippen molar-refractivity contribution < 1.29 is 0 Å². The molecule has 5 rings (SSSR count). The lowest BCUT2D eigenvalue weighted by Gasteiger charge is -2.23. The van der Waals surface area contributed by atoms with Gasteiger partial charge in [-0.25, -0.2) is 0 Å². The predicted molar refractivity (Wildman–Crippen MR) is 102 cm³/mol. The normalized spacial score (nSPS) is 21.6. The van der Waals surface area contributed by atoms with Crippen molar-refractivity contribution >= 4 is 0 Å². The molecule has 1 atom stereocenters. The molecule has 1 aromatic carbocycles. The average Bonchev–Trinajstić information content (AvgIpc) is 3.29. The van der Waals surface area contributed by atoms with Gasteiger partial charge in [-0.05, 0) is 37.1 Å². The second-order valence-electron chi connectivity index (χ2n) is 7.54. The number of fused-ring (bicyclic) bond motifs is 2. The van der Waals surface area contributed by atoms with Gasteiger partial charge in [0.05, 0.1) is 0 Å². The molecule has 0 amide bonds. The zero-order valence-electron chi connectivity index (χ0n) is 15.1. The van der Waals surface area contributed by atoms with E-state index in [9.17, 15) is 4.79 Å². The fourth-order valence-electron chi connectivity index (χ4n) is 4.46. The summed E-state index contributed by atoms with van der Waals surface area (Å²) in [7, 11) is 0. The summed E-state index contributed by atoms with van der Waals surface area (Å²) in [5.74, 6) is 0.865. The lowest BCUT2D eigenvalue weighted by molar-refractivity contribution is 0.299. The predicted octanol–water partition coefficient (Wildman–Crippen LogP) is 2.25. The van der Waals surface area contributed by atoms with E-state index < -0.39 is 0 Å². The third-order valence-electron chi connectivity index (χ3n) is 5.87. The van der Waals surface area contributed by atoms with Crippen LogP contribution >= 0.6 is 0 Å². The number of hydrogen-bond acceptors (Lipinski definition) is 5. The first kappa shape index (κ1) is 16.3. The number of benzene rings is 1. The van der Waals surface area contributed by atoms with Crippen molar-refractivity contribution in [3.8, 4) is 11.3 Å². The van der Waals surface area contributed by atoms with Crippen LogP contribution in [0.15, 0.2) is 59.7 Å². The van der Waals surface area contributed by atoms with E-state index in [0.29, 0.717) is 5.69 Å². The van der Waals surface area contributed by atoms with E-state index in [0.717, 1.165) is 50.4 Å². The fraction of sp³-hybridized carbons (Fsp3) is 0.333. The van der Waals surface area contributed by atoms with Crippen LogP contribution in [0, 0.1) is 0 Å². The zero-order valence-corrected chi connectivity index (χ0v) is 15.1. The van der Waals surface area contributed by atoms with Crippen LogP contribution in [0.1, 0.15) is 24.2 Å². The van der Waals surface area contributed by atoms with E-state index >= 15 is 0 Å². The minimum Gasteiger partial charge on any atom is -0.298 e. The Morgan fingerprint density at radius 2 is 1.74 bits per heavy atom. The molecule has 0 bridgehead atoms. The van der Waals surface area contributed by atoms with Gasteiger partial charge in [0.1, 0.15) is 5.82 Å². The largest absolute Gasteiger partial charge is 0.298 e. The maximum absolute atomic E-state index is 13.0. The Morgan fingerprint density at radius 1 is 0.963 bits per heavy atom. The second-order valence-corrected chi connectivity index (χ2v) is 7.54. The molecule has 0 aliphatic carbocycles. The van der Waals surface area contributed by atoms with Gasteiger partial charge in [0.2, 0.25) is 0 Å². The number of rotatable bonds is 3. The molecule has 4 heterocycles. The molecule has 1 spiro atoms. The van der Waals surface area contributed by atoms with Crippen LogP contribution in [0.25, 0.3) is 11.3 Å². The van der Waals surface area contributed by atoms with Crippen LogP contribution in [0.5, 0.6) is 0 Å². The van der Waals surface area contributed by atoms with Crippen molar-refractivity contribution in [2.24, 2.45) is 0 Å². The molecule has 136 valence electrons. The van der Waals surface area contributed by atoms with Crippen LogP contribution in [-0.2, 0) is 18.5 Å². The maximum Gasteiger partial charge on any atom is 0.280 e.